The number of esters is 1. The van der Waals surface area contributed by atoms with Gasteiger partial charge in [-0.1, -0.05) is 11.6 Å². The first-order valence-electron chi connectivity index (χ1n) is 7.74. The van der Waals surface area contributed by atoms with Gasteiger partial charge in [0.1, 0.15) is 6.61 Å². The summed E-state index contributed by atoms with van der Waals surface area (Å²) in [7, 11) is 0. The van der Waals surface area contributed by atoms with Crippen molar-refractivity contribution in [3.8, 4) is 17.5 Å². The van der Waals surface area contributed by atoms with Crippen LogP contribution in [0.25, 0.3) is 5.65 Å². The molecule has 0 aliphatic heterocycles. The monoisotopic (exact) mass is 398 g/mol. The van der Waals surface area contributed by atoms with Crippen LogP contribution in [0.4, 0.5) is 8.78 Å². The van der Waals surface area contributed by atoms with Crippen LogP contribution in [0.15, 0.2) is 30.6 Å². The van der Waals surface area contributed by atoms with Crippen molar-refractivity contribution in [3.63, 3.8) is 0 Å². The number of hydrogen-bond donors (Lipinski definition) is 0. The molecule has 3 aromatic heterocycles. The number of carbonyl (C=O) groups is 1. The molecular weight excluding hydrogens is 386 g/mol. The fourth-order valence-electron chi connectivity index (χ4n) is 2.06. The molecule has 0 saturated heterocycles. The number of ether oxygens (including phenoxy) is 3. The Morgan fingerprint density at radius 2 is 2.19 bits per heavy atom. The van der Waals surface area contributed by atoms with Crippen LogP contribution in [-0.4, -0.2) is 45.2 Å². The summed E-state index contributed by atoms with van der Waals surface area (Å²) in [4.78, 5) is 19.9. The van der Waals surface area contributed by atoms with Crippen LogP contribution >= 0.6 is 11.6 Å². The summed E-state index contributed by atoms with van der Waals surface area (Å²) in [6, 6.07) is 4.19. The van der Waals surface area contributed by atoms with Gasteiger partial charge in [0.2, 0.25) is 5.88 Å². The van der Waals surface area contributed by atoms with E-state index in [1.807, 2.05) is 0 Å². The van der Waals surface area contributed by atoms with Crippen molar-refractivity contribution in [3.05, 3.63) is 41.3 Å². The van der Waals surface area contributed by atoms with Crippen molar-refractivity contribution in [1.82, 2.24) is 19.6 Å². The summed E-state index contributed by atoms with van der Waals surface area (Å²) in [6.45, 7) is 1.07. The maximum atomic E-state index is 12.4. The fourth-order valence-corrected chi connectivity index (χ4v) is 2.21. The smallest absolute Gasteiger partial charge is 0.358 e. The number of aromatic nitrogens is 4. The maximum absolute atomic E-state index is 12.4. The number of fused-ring (bicyclic) bond motifs is 1. The van der Waals surface area contributed by atoms with Crippen LogP contribution in [0.5, 0.6) is 17.5 Å². The second kappa shape index (κ2) is 8.12. The number of halogens is 3. The quantitative estimate of drug-likeness (QED) is 0.563. The molecule has 8 nitrogen and oxygen atoms in total. The summed E-state index contributed by atoms with van der Waals surface area (Å²) in [6.07, 6.45) is 0.123. The molecule has 0 amide bonds. The second-order valence-corrected chi connectivity index (χ2v) is 5.52. The Labute approximate surface area is 156 Å². The lowest BCUT2D eigenvalue weighted by Crippen LogP contribution is -2.08. The first-order chi connectivity index (χ1) is 13.0. The van der Waals surface area contributed by atoms with Crippen LogP contribution in [-0.2, 0) is 4.74 Å². The number of carbonyl (C=O) groups excluding carboxylic acids is 1. The van der Waals surface area contributed by atoms with E-state index in [1.165, 1.54) is 35.1 Å². The minimum absolute atomic E-state index is 0.0507. The van der Waals surface area contributed by atoms with Gasteiger partial charge in [-0.25, -0.2) is 23.1 Å². The molecule has 3 rings (SSSR count). The SMILES string of the molecule is CCOC(=O)c1cc2nc(Oc3ncc(Cl)cc3OCC(F)F)ccn2n1. The molecule has 0 aliphatic carbocycles. The third-order valence-electron chi connectivity index (χ3n) is 3.13. The molecule has 3 aromatic rings. The van der Waals surface area contributed by atoms with E-state index >= 15 is 0 Å². The molecule has 0 aromatic carbocycles. The van der Waals surface area contributed by atoms with Crippen LogP contribution < -0.4 is 9.47 Å². The van der Waals surface area contributed by atoms with Gasteiger partial charge in [0.25, 0.3) is 12.3 Å². The lowest BCUT2D eigenvalue weighted by molar-refractivity contribution is 0.0519. The van der Waals surface area contributed by atoms with Crippen molar-refractivity contribution >= 4 is 23.2 Å². The van der Waals surface area contributed by atoms with Crippen LogP contribution in [0, 0.1) is 0 Å². The van der Waals surface area contributed by atoms with Crippen molar-refractivity contribution in [2.24, 2.45) is 0 Å². The average molecular weight is 399 g/mol. The van der Waals surface area contributed by atoms with Crippen molar-refractivity contribution in [2.75, 3.05) is 13.2 Å². The largest absolute Gasteiger partial charge is 0.482 e. The number of nitrogens with zero attached hydrogens (tertiary/aromatic N) is 4. The molecule has 3 heterocycles. The minimum Gasteiger partial charge on any atom is -0.482 e. The first kappa shape index (κ1) is 18.8. The third-order valence-corrected chi connectivity index (χ3v) is 3.34. The van der Waals surface area contributed by atoms with Gasteiger partial charge >= 0.3 is 5.97 Å². The lowest BCUT2D eigenvalue weighted by Gasteiger charge is -2.11. The molecule has 0 radical (unpaired) electrons. The topological polar surface area (TPSA) is 87.8 Å². The maximum Gasteiger partial charge on any atom is 0.358 e. The predicted octanol–water partition coefficient (Wildman–Crippen LogP) is 3.39. The molecule has 0 fully saturated rings. The highest BCUT2D eigenvalue weighted by atomic mass is 35.5. The molecule has 0 aliphatic rings. The third kappa shape index (κ3) is 4.59. The van der Waals surface area contributed by atoms with E-state index in [-0.39, 0.29) is 34.8 Å². The van der Waals surface area contributed by atoms with E-state index in [9.17, 15) is 13.6 Å². The van der Waals surface area contributed by atoms with Crippen molar-refractivity contribution in [1.29, 1.82) is 0 Å². The summed E-state index contributed by atoms with van der Waals surface area (Å²) in [5.74, 6) is -0.616. The molecule has 0 saturated carbocycles. The molecule has 27 heavy (non-hydrogen) atoms. The molecule has 0 atom stereocenters. The highest BCUT2D eigenvalue weighted by molar-refractivity contribution is 6.30. The lowest BCUT2D eigenvalue weighted by atomic mass is 10.4. The molecule has 0 N–H and O–H groups in total. The highest BCUT2D eigenvalue weighted by Crippen LogP contribution is 2.31. The zero-order valence-electron chi connectivity index (χ0n) is 13.9. The van der Waals surface area contributed by atoms with E-state index in [0.717, 1.165) is 0 Å². The van der Waals surface area contributed by atoms with Crippen molar-refractivity contribution in [2.45, 2.75) is 13.3 Å². The predicted molar refractivity (Wildman–Crippen MR) is 89.8 cm³/mol. The standard InChI is InChI=1S/C16H13ClF2N4O4/c1-2-25-16(24)10-6-13-21-14(3-4-23(13)22-10)27-15-11(26-8-12(18)19)5-9(17)7-20-15/h3-7,12H,2,8H2,1H3. The zero-order chi connectivity index (χ0) is 19.4. The molecule has 0 unspecified atom stereocenters. The molecule has 0 bridgehead atoms. The van der Waals surface area contributed by atoms with E-state index in [2.05, 4.69) is 15.1 Å². The number of hydrogen-bond acceptors (Lipinski definition) is 7. The number of pyridine rings is 1. The number of alkyl halides is 2. The Bertz CT molecular complexity index is 967. The van der Waals surface area contributed by atoms with E-state index in [4.69, 9.17) is 25.8 Å². The van der Waals surface area contributed by atoms with Crippen LogP contribution in [0.1, 0.15) is 17.4 Å². The van der Waals surface area contributed by atoms with Gasteiger partial charge in [-0.3, -0.25) is 0 Å². The van der Waals surface area contributed by atoms with Crippen LogP contribution in [0.3, 0.4) is 0 Å². The molecule has 11 heteroatoms. The van der Waals surface area contributed by atoms with Gasteiger partial charge in [-0.2, -0.15) is 10.1 Å². The van der Waals surface area contributed by atoms with Crippen molar-refractivity contribution < 1.29 is 27.8 Å². The van der Waals surface area contributed by atoms with Gasteiger partial charge in [0.15, 0.2) is 17.1 Å². The Balaban J connectivity index is 1.85. The van der Waals surface area contributed by atoms with Crippen LogP contribution in [0.2, 0.25) is 5.02 Å². The normalized spacial score (nSPS) is 11.0. The zero-order valence-corrected chi connectivity index (χ0v) is 14.7. The van der Waals surface area contributed by atoms with E-state index in [0.29, 0.717) is 5.65 Å². The Morgan fingerprint density at radius 3 is 2.93 bits per heavy atom. The van der Waals surface area contributed by atoms with E-state index in [1.54, 1.807) is 6.92 Å². The molecule has 142 valence electrons. The Kier molecular flexibility index (Phi) is 5.65. The molecular formula is C16H13ClF2N4O4. The number of rotatable bonds is 7. The summed E-state index contributed by atoms with van der Waals surface area (Å²) in [5.41, 5.74) is 0.409. The molecule has 0 spiro atoms. The van der Waals surface area contributed by atoms with Gasteiger partial charge in [-0.05, 0) is 6.92 Å². The summed E-state index contributed by atoms with van der Waals surface area (Å²) >= 11 is 5.81. The summed E-state index contributed by atoms with van der Waals surface area (Å²) < 4.78 is 41.5. The Morgan fingerprint density at radius 1 is 1.37 bits per heavy atom. The van der Waals surface area contributed by atoms with Gasteiger partial charge in [0, 0.05) is 30.6 Å². The minimum atomic E-state index is -2.67. The average Bonchev–Trinajstić information content (AvgIpc) is 3.05. The second-order valence-electron chi connectivity index (χ2n) is 5.08. The van der Waals surface area contributed by atoms with Gasteiger partial charge < -0.3 is 14.2 Å². The highest BCUT2D eigenvalue weighted by Gasteiger charge is 2.15. The first-order valence-corrected chi connectivity index (χ1v) is 8.12. The van der Waals surface area contributed by atoms with E-state index < -0.39 is 19.0 Å². The van der Waals surface area contributed by atoms with Gasteiger partial charge in [0.05, 0.1) is 11.6 Å². The fraction of sp³-hybridized carbons (Fsp3) is 0.250. The van der Waals surface area contributed by atoms with Gasteiger partial charge in [-0.15, -0.1) is 0 Å². The summed E-state index contributed by atoms with van der Waals surface area (Å²) in [5, 5.41) is 4.24. The Hall–Kier alpha value is -3.01.